The third-order valence-electron chi connectivity index (χ3n) is 2.13. The third kappa shape index (κ3) is 0.847. The summed E-state index contributed by atoms with van der Waals surface area (Å²) in [6.07, 6.45) is 2.45. The molecular formula is C8H10O3. The van der Waals surface area contributed by atoms with Gasteiger partial charge >= 0.3 is 0 Å². The van der Waals surface area contributed by atoms with Crippen LogP contribution in [0.25, 0.3) is 0 Å². The monoisotopic (exact) mass is 154 g/mol. The first-order valence-corrected chi connectivity index (χ1v) is 3.74. The average molecular weight is 154 g/mol. The zero-order valence-corrected chi connectivity index (χ0v) is 6.42. The van der Waals surface area contributed by atoms with Crippen molar-refractivity contribution in [3.05, 3.63) is 11.6 Å². The number of carbonyl (C=O) groups excluding carboxylic acids is 1. The molecule has 3 heteroatoms. The summed E-state index contributed by atoms with van der Waals surface area (Å²) in [5.41, 5.74) is 0.756. The fourth-order valence-electron chi connectivity index (χ4n) is 1.48. The molecule has 0 aromatic carbocycles. The maximum atomic E-state index is 11.4. The molecule has 0 aromatic rings. The molecule has 0 unspecified atom stereocenters. The average Bonchev–Trinajstić information content (AvgIpc) is 2.56. The molecule has 1 spiro atoms. The standard InChI is InChI=1S/C8H10O3/c1-6-2-3-8(7(6)9)10-4-5-11-8/h2H,3-5H2,1H3. The zero-order chi connectivity index (χ0) is 7.90. The fraction of sp³-hybridized carbons (Fsp3) is 0.625. The lowest BCUT2D eigenvalue weighted by atomic mass is 10.1. The fourth-order valence-corrected chi connectivity index (χ4v) is 1.48. The van der Waals surface area contributed by atoms with E-state index in [1.54, 1.807) is 6.92 Å². The molecule has 0 radical (unpaired) electrons. The normalized spacial score (nSPS) is 28.1. The molecule has 1 heterocycles. The van der Waals surface area contributed by atoms with Gasteiger partial charge in [-0.1, -0.05) is 6.08 Å². The highest BCUT2D eigenvalue weighted by Gasteiger charge is 2.47. The van der Waals surface area contributed by atoms with Crippen LogP contribution in [-0.2, 0) is 14.3 Å². The summed E-state index contributed by atoms with van der Waals surface area (Å²) < 4.78 is 10.5. The van der Waals surface area contributed by atoms with Gasteiger partial charge in [0.15, 0.2) is 0 Å². The highest BCUT2D eigenvalue weighted by atomic mass is 16.7. The quantitative estimate of drug-likeness (QED) is 0.514. The minimum atomic E-state index is -0.913. The number of carbonyl (C=O) groups is 1. The van der Waals surface area contributed by atoms with Crippen LogP contribution in [0.15, 0.2) is 11.6 Å². The van der Waals surface area contributed by atoms with Gasteiger partial charge in [0, 0.05) is 6.42 Å². The van der Waals surface area contributed by atoms with E-state index in [0.717, 1.165) is 5.57 Å². The molecule has 60 valence electrons. The highest BCUT2D eigenvalue weighted by molar-refractivity contribution is 6.03. The van der Waals surface area contributed by atoms with Crippen LogP contribution in [0.2, 0.25) is 0 Å². The maximum Gasteiger partial charge on any atom is 0.237 e. The lowest BCUT2D eigenvalue weighted by molar-refractivity contribution is -0.171. The highest BCUT2D eigenvalue weighted by Crippen LogP contribution is 2.33. The molecule has 1 saturated heterocycles. The van der Waals surface area contributed by atoms with Crippen molar-refractivity contribution in [1.29, 1.82) is 0 Å². The molecule has 2 rings (SSSR count). The minimum Gasteiger partial charge on any atom is -0.341 e. The summed E-state index contributed by atoms with van der Waals surface area (Å²) in [6, 6.07) is 0. The van der Waals surface area contributed by atoms with Crippen molar-refractivity contribution in [2.45, 2.75) is 19.1 Å². The molecule has 1 aliphatic carbocycles. The Labute approximate surface area is 65.0 Å². The SMILES string of the molecule is CC1=CCC2(OCCO2)C1=O. The third-order valence-corrected chi connectivity index (χ3v) is 2.13. The lowest BCUT2D eigenvalue weighted by Crippen LogP contribution is -2.36. The lowest BCUT2D eigenvalue weighted by Gasteiger charge is -2.18. The van der Waals surface area contributed by atoms with Gasteiger partial charge in [-0.2, -0.15) is 0 Å². The van der Waals surface area contributed by atoms with Gasteiger partial charge in [0.05, 0.1) is 13.2 Å². The first-order valence-electron chi connectivity index (χ1n) is 3.74. The number of ether oxygens (including phenoxy) is 2. The van der Waals surface area contributed by atoms with Gasteiger partial charge in [0.2, 0.25) is 11.6 Å². The predicted molar refractivity (Wildman–Crippen MR) is 38.0 cm³/mol. The summed E-state index contributed by atoms with van der Waals surface area (Å²) in [6.45, 7) is 2.86. The van der Waals surface area contributed by atoms with E-state index in [1.807, 2.05) is 6.08 Å². The second kappa shape index (κ2) is 2.16. The minimum absolute atomic E-state index is 0.00463. The molecule has 1 fully saturated rings. The van der Waals surface area contributed by atoms with E-state index in [1.165, 1.54) is 0 Å². The van der Waals surface area contributed by atoms with E-state index in [-0.39, 0.29) is 5.78 Å². The van der Waals surface area contributed by atoms with Crippen LogP contribution in [0.3, 0.4) is 0 Å². The molecule has 3 nitrogen and oxygen atoms in total. The number of Topliss-reactive ketones (excluding diaryl/α,β-unsaturated/α-hetero) is 1. The van der Waals surface area contributed by atoms with Crippen molar-refractivity contribution in [3.63, 3.8) is 0 Å². The van der Waals surface area contributed by atoms with Crippen LogP contribution >= 0.6 is 0 Å². The number of hydrogen-bond donors (Lipinski definition) is 0. The van der Waals surface area contributed by atoms with Gasteiger partial charge in [0.25, 0.3) is 0 Å². The first-order chi connectivity index (χ1) is 5.25. The number of ketones is 1. The molecule has 2 aliphatic rings. The van der Waals surface area contributed by atoms with Gasteiger partial charge in [-0.25, -0.2) is 0 Å². The summed E-state index contributed by atoms with van der Waals surface area (Å²) >= 11 is 0. The molecule has 0 atom stereocenters. The Morgan fingerprint density at radius 3 is 2.55 bits per heavy atom. The van der Waals surface area contributed by atoms with Crippen LogP contribution in [0, 0.1) is 0 Å². The van der Waals surface area contributed by atoms with Crippen molar-refractivity contribution in [1.82, 2.24) is 0 Å². The van der Waals surface area contributed by atoms with Crippen molar-refractivity contribution >= 4 is 5.78 Å². The number of hydrogen-bond acceptors (Lipinski definition) is 3. The van der Waals surface area contributed by atoms with Gasteiger partial charge in [-0.3, -0.25) is 4.79 Å². The van der Waals surface area contributed by atoms with Crippen molar-refractivity contribution in [3.8, 4) is 0 Å². The van der Waals surface area contributed by atoms with Crippen LogP contribution in [-0.4, -0.2) is 24.8 Å². The molecule has 0 N–H and O–H groups in total. The van der Waals surface area contributed by atoms with Crippen molar-refractivity contribution < 1.29 is 14.3 Å². The summed E-state index contributed by atoms with van der Waals surface area (Å²) in [7, 11) is 0. The van der Waals surface area contributed by atoms with Crippen LogP contribution in [0.1, 0.15) is 13.3 Å². The largest absolute Gasteiger partial charge is 0.341 e. The first kappa shape index (κ1) is 7.00. The smallest absolute Gasteiger partial charge is 0.237 e. The summed E-state index contributed by atoms with van der Waals surface area (Å²) in [4.78, 5) is 11.4. The van der Waals surface area contributed by atoms with E-state index in [4.69, 9.17) is 9.47 Å². The number of rotatable bonds is 0. The summed E-state index contributed by atoms with van der Waals surface area (Å²) in [5, 5.41) is 0. The Balaban J connectivity index is 2.25. The Morgan fingerprint density at radius 2 is 2.09 bits per heavy atom. The van der Waals surface area contributed by atoms with Crippen LogP contribution in [0.5, 0.6) is 0 Å². The van der Waals surface area contributed by atoms with E-state index in [0.29, 0.717) is 19.6 Å². The van der Waals surface area contributed by atoms with Gasteiger partial charge in [-0.15, -0.1) is 0 Å². The molecule has 0 saturated carbocycles. The molecule has 0 bridgehead atoms. The van der Waals surface area contributed by atoms with E-state index in [9.17, 15) is 4.79 Å². The molecule has 1 aliphatic heterocycles. The summed E-state index contributed by atoms with van der Waals surface area (Å²) in [5.74, 6) is -0.917. The Morgan fingerprint density at radius 1 is 1.45 bits per heavy atom. The second-order valence-corrected chi connectivity index (χ2v) is 2.87. The van der Waals surface area contributed by atoms with E-state index in [2.05, 4.69) is 0 Å². The maximum absolute atomic E-state index is 11.4. The molecular weight excluding hydrogens is 144 g/mol. The van der Waals surface area contributed by atoms with Gasteiger partial charge in [0.1, 0.15) is 0 Å². The molecule has 0 aromatic heterocycles. The van der Waals surface area contributed by atoms with E-state index < -0.39 is 5.79 Å². The topological polar surface area (TPSA) is 35.5 Å². The van der Waals surface area contributed by atoms with Gasteiger partial charge < -0.3 is 9.47 Å². The Kier molecular flexibility index (Phi) is 1.37. The zero-order valence-electron chi connectivity index (χ0n) is 6.42. The van der Waals surface area contributed by atoms with E-state index >= 15 is 0 Å². The Bertz CT molecular complexity index is 223. The van der Waals surface area contributed by atoms with Crippen LogP contribution in [0.4, 0.5) is 0 Å². The van der Waals surface area contributed by atoms with Crippen LogP contribution < -0.4 is 0 Å². The Hall–Kier alpha value is -0.670. The van der Waals surface area contributed by atoms with Crippen molar-refractivity contribution in [2.75, 3.05) is 13.2 Å². The second-order valence-electron chi connectivity index (χ2n) is 2.87. The van der Waals surface area contributed by atoms with Gasteiger partial charge in [-0.05, 0) is 12.5 Å². The molecule has 11 heavy (non-hydrogen) atoms. The predicted octanol–water partition coefficient (Wildman–Crippen LogP) is 0.649. The van der Waals surface area contributed by atoms with Crippen molar-refractivity contribution in [2.24, 2.45) is 0 Å². The molecule has 0 amide bonds.